The molecule has 3 rings (SSSR count). The minimum Gasteiger partial charge on any atom is -0.508 e. The van der Waals surface area contributed by atoms with Crippen molar-refractivity contribution < 1.29 is 9.84 Å². The number of nitrogens with zero attached hydrogens (tertiary/aromatic N) is 1. The zero-order valence-corrected chi connectivity index (χ0v) is 12.3. The van der Waals surface area contributed by atoms with Crippen molar-refractivity contribution in [3.63, 3.8) is 0 Å². The molecule has 110 valence electrons. The van der Waals surface area contributed by atoms with Gasteiger partial charge >= 0.3 is 0 Å². The molecule has 0 spiro atoms. The molecule has 4 heteroatoms. The number of phenolic OH excluding ortho intramolecular Hbond substituents is 1. The number of anilines is 1. The maximum Gasteiger partial charge on any atom is 0.128 e. The van der Waals surface area contributed by atoms with Crippen molar-refractivity contribution in [1.29, 1.82) is 0 Å². The molecule has 0 fully saturated rings. The van der Waals surface area contributed by atoms with Crippen LogP contribution in [0.4, 0.5) is 5.69 Å². The Kier molecular flexibility index (Phi) is 3.71. The minimum atomic E-state index is 0.115. The molecule has 1 aliphatic heterocycles. The van der Waals surface area contributed by atoms with Crippen LogP contribution < -0.4 is 10.1 Å². The van der Waals surface area contributed by atoms with Crippen molar-refractivity contribution in [2.24, 2.45) is 0 Å². The van der Waals surface area contributed by atoms with Gasteiger partial charge in [0.2, 0.25) is 0 Å². The van der Waals surface area contributed by atoms with E-state index in [2.05, 4.69) is 42.5 Å². The summed E-state index contributed by atoms with van der Waals surface area (Å²) in [5, 5.41) is 13.1. The van der Waals surface area contributed by atoms with Crippen molar-refractivity contribution in [3.8, 4) is 11.5 Å². The van der Waals surface area contributed by atoms with Gasteiger partial charge in [0, 0.05) is 23.9 Å². The Labute approximate surface area is 125 Å². The fourth-order valence-electron chi connectivity index (χ4n) is 2.65. The van der Waals surface area contributed by atoms with Gasteiger partial charge in [-0.1, -0.05) is 18.2 Å². The quantitative estimate of drug-likeness (QED) is 0.906. The Balaban J connectivity index is 1.83. The van der Waals surface area contributed by atoms with Crippen LogP contribution in [-0.4, -0.2) is 30.7 Å². The van der Waals surface area contributed by atoms with Crippen LogP contribution in [0.3, 0.4) is 0 Å². The van der Waals surface area contributed by atoms with Gasteiger partial charge in [-0.3, -0.25) is 0 Å². The van der Waals surface area contributed by atoms with Crippen LogP contribution in [0, 0.1) is 0 Å². The first-order valence-electron chi connectivity index (χ1n) is 7.08. The second-order valence-electron chi connectivity index (χ2n) is 5.62. The number of aromatic hydroxyl groups is 1. The van der Waals surface area contributed by atoms with Crippen LogP contribution >= 0.6 is 0 Å². The molecule has 1 atom stereocenters. The number of hydrogen-bond acceptors (Lipinski definition) is 4. The van der Waals surface area contributed by atoms with Crippen LogP contribution in [0.2, 0.25) is 0 Å². The molecule has 2 aromatic rings. The number of rotatable bonds is 4. The highest BCUT2D eigenvalue weighted by atomic mass is 16.5. The topological polar surface area (TPSA) is 44.7 Å². The van der Waals surface area contributed by atoms with Gasteiger partial charge in [0.15, 0.2) is 0 Å². The molecule has 1 heterocycles. The average Bonchev–Trinajstić information content (AvgIpc) is 2.83. The molecule has 2 N–H and O–H groups in total. The van der Waals surface area contributed by atoms with E-state index in [1.54, 1.807) is 12.1 Å². The highest BCUT2D eigenvalue weighted by Gasteiger charge is 2.24. The van der Waals surface area contributed by atoms with Crippen LogP contribution in [0.15, 0.2) is 42.5 Å². The SMILES string of the molecule is CN(C)Cc1ccccc1NC1COc2cc(O)ccc21. The first kappa shape index (κ1) is 13.8. The lowest BCUT2D eigenvalue weighted by Gasteiger charge is -2.19. The molecule has 0 bridgehead atoms. The maximum absolute atomic E-state index is 9.51. The normalized spacial score (nSPS) is 16.6. The first-order valence-corrected chi connectivity index (χ1v) is 7.08. The smallest absolute Gasteiger partial charge is 0.128 e. The summed E-state index contributed by atoms with van der Waals surface area (Å²) in [5.41, 5.74) is 3.47. The standard InChI is InChI=1S/C17H20N2O2/c1-19(2)10-12-5-3-4-6-15(12)18-16-11-21-17-9-13(20)7-8-14(16)17/h3-9,16,18,20H,10-11H2,1-2H3. The van der Waals surface area contributed by atoms with Gasteiger partial charge in [-0.25, -0.2) is 0 Å². The Morgan fingerprint density at radius 3 is 2.86 bits per heavy atom. The molecule has 0 saturated carbocycles. The van der Waals surface area contributed by atoms with E-state index in [1.807, 2.05) is 12.1 Å². The molecule has 0 amide bonds. The third kappa shape index (κ3) is 2.95. The van der Waals surface area contributed by atoms with E-state index >= 15 is 0 Å². The summed E-state index contributed by atoms with van der Waals surface area (Å²) in [6.07, 6.45) is 0. The monoisotopic (exact) mass is 284 g/mol. The highest BCUT2D eigenvalue weighted by Crippen LogP contribution is 2.37. The van der Waals surface area contributed by atoms with E-state index in [4.69, 9.17) is 4.74 Å². The van der Waals surface area contributed by atoms with Crippen molar-refractivity contribution in [2.75, 3.05) is 26.0 Å². The Morgan fingerprint density at radius 1 is 1.24 bits per heavy atom. The predicted molar refractivity (Wildman–Crippen MR) is 83.8 cm³/mol. The molecule has 2 aromatic carbocycles. The molecule has 1 aliphatic rings. The molecule has 0 aromatic heterocycles. The zero-order chi connectivity index (χ0) is 14.8. The van der Waals surface area contributed by atoms with E-state index in [1.165, 1.54) is 5.56 Å². The van der Waals surface area contributed by atoms with Gasteiger partial charge < -0.3 is 20.1 Å². The fraction of sp³-hybridized carbons (Fsp3) is 0.294. The third-order valence-corrected chi connectivity index (χ3v) is 3.61. The highest BCUT2D eigenvalue weighted by molar-refractivity contribution is 5.55. The summed E-state index contributed by atoms with van der Waals surface area (Å²) in [7, 11) is 4.13. The summed E-state index contributed by atoms with van der Waals surface area (Å²) in [6.45, 7) is 1.47. The Hall–Kier alpha value is -2.20. The number of benzene rings is 2. The molecule has 0 aliphatic carbocycles. The second kappa shape index (κ2) is 5.66. The average molecular weight is 284 g/mol. The summed E-state index contributed by atoms with van der Waals surface area (Å²) in [5.74, 6) is 1.000. The number of hydrogen-bond donors (Lipinski definition) is 2. The molecular weight excluding hydrogens is 264 g/mol. The van der Waals surface area contributed by atoms with Crippen LogP contribution in [0.5, 0.6) is 11.5 Å². The van der Waals surface area contributed by atoms with Crippen molar-refractivity contribution >= 4 is 5.69 Å². The lowest BCUT2D eigenvalue weighted by atomic mass is 10.1. The van der Waals surface area contributed by atoms with Crippen molar-refractivity contribution in [2.45, 2.75) is 12.6 Å². The van der Waals surface area contributed by atoms with Gasteiger partial charge in [-0.05, 0) is 37.9 Å². The minimum absolute atomic E-state index is 0.115. The molecule has 21 heavy (non-hydrogen) atoms. The number of phenols is 1. The summed E-state index contributed by atoms with van der Waals surface area (Å²) in [6, 6.07) is 13.7. The van der Waals surface area contributed by atoms with Crippen LogP contribution in [-0.2, 0) is 6.54 Å². The van der Waals surface area contributed by atoms with E-state index in [0.29, 0.717) is 6.61 Å². The maximum atomic E-state index is 9.51. The van der Waals surface area contributed by atoms with Crippen LogP contribution in [0.25, 0.3) is 0 Å². The van der Waals surface area contributed by atoms with E-state index in [0.717, 1.165) is 23.5 Å². The van der Waals surface area contributed by atoms with Gasteiger partial charge in [-0.15, -0.1) is 0 Å². The zero-order valence-electron chi connectivity index (χ0n) is 12.3. The van der Waals surface area contributed by atoms with Crippen molar-refractivity contribution in [3.05, 3.63) is 53.6 Å². The van der Waals surface area contributed by atoms with Gasteiger partial charge in [0.1, 0.15) is 18.1 Å². The van der Waals surface area contributed by atoms with Gasteiger partial charge in [-0.2, -0.15) is 0 Å². The van der Waals surface area contributed by atoms with E-state index in [9.17, 15) is 5.11 Å². The number of ether oxygens (including phenoxy) is 1. The fourth-order valence-corrected chi connectivity index (χ4v) is 2.65. The number of nitrogens with one attached hydrogen (secondary N) is 1. The Morgan fingerprint density at radius 2 is 2.05 bits per heavy atom. The predicted octanol–water partition coefficient (Wildman–Crippen LogP) is 3.00. The second-order valence-corrected chi connectivity index (χ2v) is 5.62. The largest absolute Gasteiger partial charge is 0.508 e. The molecule has 4 nitrogen and oxygen atoms in total. The van der Waals surface area contributed by atoms with Gasteiger partial charge in [0.25, 0.3) is 0 Å². The van der Waals surface area contributed by atoms with Crippen molar-refractivity contribution in [1.82, 2.24) is 4.90 Å². The first-order chi connectivity index (χ1) is 10.1. The van der Waals surface area contributed by atoms with E-state index < -0.39 is 0 Å². The van der Waals surface area contributed by atoms with Gasteiger partial charge in [0.05, 0.1) is 6.04 Å². The summed E-state index contributed by atoms with van der Waals surface area (Å²) < 4.78 is 5.65. The lowest BCUT2D eigenvalue weighted by Crippen LogP contribution is -2.16. The molecule has 0 radical (unpaired) electrons. The lowest BCUT2D eigenvalue weighted by molar-refractivity contribution is 0.338. The van der Waals surface area contributed by atoms with E-state index in [-0.39, 0.29) is 11.8 Å². The molecule has 0 saturated heterocycles. The third-order valence-electron chi connectivity index (χ3n) is 3.61. The summed E-state index contributed by atoms with van der Waals surface area (Å²) >= 11 is 0. The molecular formula is C17H20N2O2. The van der Waals surface area contributed by atoms with Crippen LogP contribution in [0.1, 0.15) is 17.2 Å². The molecule has 1 unspecified atom stereocenters. The number of fused-ring (bicyclic) bond motifs is 1. The Bertz CT molecular complexity index is 640. The summed E-state index contributed by atoms with van der Waals surface area (Å²) in [4.78, 5) is 2.15. The number of para-hydroxylation sites is 1.